The van der Waals surface area contributed by atoms with Crippen LogP contribution < -0.4 is 5.32 Å². The number of hydrogen-bond acceptors (Lipinski definition) is 4. The summed E-state index contributed by atoms with van der Waals surface area (Å²) in [4.78, 5) is 4.37. The number of rotatable bonds is 6. The van der Waals surface area contributed by atoms with Gasteiger partial charge in [-0.05, 0) is 44.0 Å². The number of hydrogen-bond donors (Lipinski definition) is 2. The van der Waals surface area contributed by atoms with E-state index >= 15 is 0 Å². The molecule has 2 N–H and O–H groups in total. The molecular weight excluding hydrogens is 319 g/mol. The Labute approximate surface area is 139 Å². The summed E-state index contributed by atoms with van der Waals surface area (Å²) in [6.45, 7) is 4.22. The lowest BCUT2D eigenvalue weighted by molar-refractivity contribution is 0.0836. The molecule has 0 amide bonds. The molecule has 0 bridgehead atoms. The van der Waals surface area contributed by atoms with Crippen molar-refractivity contribution in [3.8, 4) is 0 Å². The lowest BCUT2D eigenvalue weighted by Crippen LogP contribution is -2.27. The number of nitrogens with zero attached hydrogens (tertiary/aromatic N) is 2. The standard InChI is InChI=1S/C16H20ClFN4O/c1-10-20-16(22-21-10)15-12(5-7-23-15)9-19-6-4-11-2-3-13(18)8-14(11)17/h2-3,8,12,15,19H,4-7,9H2,1H3,(H,20,21,22)/t12-,15-/m0/s1. The number of halogens is 2. The summed E-state index contributed by atoms with van der Waals surface area (Å²) in [5.41, 5.74) is 0.949. The zero-order valence-corrected chi connectivity index (χ0v) is 13.7. The van der Waals surface area contributed by atoms with Crippen molar-refractivity contribution in [3.05, 3.63) is 46.3 Å². The lowest BCUT2D eigenvalue weighted by atomic mass is 10.0. The number of ether oxygens (including phenoxy) is 1. The molecule has 5 nitrogen and oxygen atoms in total. The van der Waals surface area contributed by atoms with Gasteiger partial charge in [-0.15, -0.1) is 0 Å². The van der Waals surface area contributed by atoms with Gasteiger partial charge in [0.15, 0.2) is 5.82 Å². The van der Waals surface area contributed by atoms with Crippen LogP contribution in [0.5, 0.6) is 0 Å². The van der Waals surface area contributed by atoms with Gasteiger partial charge in [-0.3, -0.25) is 5.10 Å². The zero-order valence-electron chi connectivity index (χ0n) is 13.0. The molecule has 23 heavy (non-hydrogen) atoms. The van der Waals surface area contributed by atoms with Crippen LogP contribution >= 0.6 is 11.6 Å². The molecule has 0 radical (unpaired) electrons. The third-order valence-corrected chi connectivity index (χ3v) is 4.43. The maximum Gasteiger partial charge on any atom is 0.179 e. The van der Waals surface area contributed by atoms with E-state index in [2.05, 4.69) is 20.5 Å². The second-order valence-corrected chi connectivity index (χ2v) is 6.22. The predicted octanol–water partition coefficient (Wildman–Crippen LogP) is 2.82. The van der Waals surface area contributed by atoms with Crippen molar-refractivity contribution in [2.24, 2.45) is 5.92 Å². The molecule has 1 aliphatic rings. The van der Waals surface area contributed by atoms with E-state index < -0.39 is 0 Å². The topological polar surface area (TPSA) is 62.8 Å². The first kappa shape index (κ1) is 16.4. The molecule has 1 aromatic heterocycles. The van der Waals surface area contributed by atoms with Crippen LogP contribution in [0.15, 0.2) is 18.2 Å². The third kappa shape index (κ3) is 4.07. The molecule has 2 heterocycles. The maximum atomic E-state index is 13.0. The Morgan fingerprint density at radius 1 is 1.48 bits per heavy atom. The minimum atomic E-state index is -0.306. The first-order valence-electron chi connectivity index (χ1n) is 7.78. The van der Waals surface area contributed by atoms with E-state index in [0.717, 1.165) is 49.8 Å². The van der Waals surface area contributed by atoms with E-state index in [1.54, 1.807) is 6.07 Å². The largest absolute Gasteiger partial charge is 0.370 e. The van der Waals surface area contributed by atoms with Crippen molar-refractivity contribution < 1.29 is 9.13 Å². The number of aryl methyl sites for hydroxylation is 1. The van der Waals surface area contributed by atoms with Crippen molar-refractivity contribution in [2.75, 3.05) is 19.7 Å². The predicted molar refractivity (Wildman–Crippen MR) is 85.9 cm³/mol. The fourth-order valence-corrected chi connectivity index (χ4v) is 3.11. The van der Waals surface area contributed by atoms with Crippen LogP contribution in [-0.4, -0.2) is 34.9 Å². The fourth-order valence-electron chi connectivity index (χ4n) is 2.85. The van der Waals surface area contributed by atoms with Gasteiger partial charge >= 0.3 is 0 Å². The number of nitrogens with one attached hydrogen (secondary N) is 2. The Morgan fingerprint density at radius 3 is 3.09 bits per heavy atom. The van der Waals surface area contributed by atoms with Crippen LogP contribution in [-0.2, 0) is 11.2 Å². The van der Waals surface area contributed by atoms with Gasteiger partial charge in [-0.25, -0.2) is 9.37 Å². The highest BCUT2D eigenvalue weighted by Gasteiger charge is 2.32. The molecule has 1 saturated heterocycles. The highest BCUT2D eigenvalue weighted by molar-refractivity contribution is 6.31. The van der Waals surface area contributed by atoms with Crippen LogP contribution in [0.2, 0.25) is 5.02 Å². The van der Waals surface area contributed by atoms with Gasteiger partial charge in [-0.1, -0.05) is 17.7 Å². The minimum Gasteiger partial charge on any atom is -0.370 e. The molecule has 2 aromatic rings. The highest BCUT2D eigenvalue weighted by Crippen LogP contribution is 2.32. The average Bonchev–Trinajstić information content (AvgIpc) is 3.14. The summed E-state index contributed by atoms with van der Waals surface area (Å²) in [7, 11) is 0. The molecule has 124 valence electrons. The molecular formula is C16H20ClFN4O. The quantitative estimate of drug-likeness (QED) is 0.795. The monoisotopic (exact) mass is 338 g/mol. The molecule has 0 saturated carbocycles. The zero-order chi connectivity index (χ0) is 16.2. The van der Waals surface area contributed by atoms with E-state index in [4.69, 9.17) is 16.3 Å². The molecule has 0 spiro atoms. The Bertz CT molecular complexity index is 663. The van der Waals surface area contributed by atoms with E-state index in [1.807, 2.05) is 6.92 Å². The van der Waals surface area contributed by atoms with Crippen molar-refractivity contribution in [1.82, 2.24) is 20.5 Å². The number of aromatic amines is 1. The van der Waals surface area contributed by atoms with E-state index in [-0.39, 0.29) is 11.9 Å². The molecule has 1 fully saturated rings. The van der Waals surface area contributed by atoms with Crippen molar-refractivity contribution in [1.29, 1.82) is 0 Å². The Morgan fingerprint density at radius 2 is 2.35 bits per heavy atom. The van der Waals surface area contributed by atoms with Crippen LogP contribution in [0.25, 0.3) is 0 Å². The van der Waals surface area contributed by atoms with Gasteiger partial charge in [0, 0.05) is 24.1 Å². The van der Waals surface area contributed by atoms with E-state index in [0.29, 0.717) is 10.9 Å². The van der Waals surface area contributed by atoms with Crippen LogP contribution in [0.1, 0.15) is 29.7 Å². The molecule has 1 aromatic carbocycles. The van der Waals surface area contributed by atoms with Crippen molar-refractivity contribution in [3.63, 3.8) is 0 Å². The van der Waals surface area contributed by atoms with Gasteiger partial charge in [0.2, 0.25) is 0 Å². The summed E-state index contributed by atoms with van der Waals surface area (Å²) in [6.07, 6.45) is 1.70. The lowest BCUT2D eigenvalue weighted by Gasteiger charge is -2.16. The first-order chi connectivity index (χ1) is 11.1. The summed E-state index contributed by atoms with van der Waals surface area (Å²) in [6, 6.07) is 4.52. The Kier molecular flexibility index (Phi) is 5.25. The summed E-state index contributed by atoms with van der Waals surface area (Å²) in [5, 5.41) is 11.0. The maximum absolute atomic E-state index is 13.0. The van der Waals surface area contributed by atoms with E-state index in [9.17, 15) is 4.39 Å². The van der Waals surface area contributed by atoms with Gasteiger partial charge in [-0.2, -0.15) is 5.10 Å². The fraction of sp³-hybridized carbons (Fsp3) is 0.500. The minimum absolute atomic E-state index is 0.0538. The van der Waals surface area contributed by atoms with E-state index in [1.165, 1.54) is 12.1 Å². The van der Waals surface area contributed by atoms with Crippen LogP contribution in [0.3, 0.4) is 0 Å². The normalized spacial score (nSPS) is 21.0. The number of H-pyrrole nitrogens is 1. The molecule has 7 heteroatoms. The van der Waals surface area contributed by atoms with Gasteiger partial charge in [0.1, 0.15) is 17.7 Å². The smallest absolute Gasteiger partial charge is 0.179 e. The van der Waals surface area contributed by atoms with Crippen LogP contribution in [0, 0.1) is 18.7 Å². The Balaban J connectivity index is 1.48. The van der Waals surface area contributed by atoms with Crippen molar-refractivity contribution >= 4 is 11.6 Å². The van der Waals surface area contributed by atoms with Gasteiger partial charge < -0.3 is 10.1 Å². The second kappa shape index (κ2) is 7.38. The Hall–Kier alpha value is -1.50. The number of aromatic nitrogens is 3. The SMILES string of the molecule is Cc1nc([C@H]2OCC[C@H]2CNCCc2ccc(F)cc2Cl)n[nH]1. The number of benzene rings is 1. The third-order valence-electron chi connectivity index (χ3n) is 4.08. The highest BCUT2D eigenvalue weighted by atomic mass is 35.5. The second-order valence-electron chi connectivity index (χ2n) is 5.81. The first-order valence-corrected chi connectivity index (χ1v) is 8.16. The average molecular weight is 339 g/mol. The van der Waals surface area contributed by atoms with Crippen molar-refractivity contribution in [2.45, 2.75) is 25.9 Å². The molecule has 3 rings (SSSR count). The van der Waals surface area contributed by atoms with Gasteiger partial charge in [0.25, 0.3) is 0 Å². The van der Waals surface area contributed by atoms with Gasteiger partial charge in [0.05, 0.1) is 0 Å². The summed E-state index contributed by atoms with van der Waals surface area (Å²) >= 11 is 6.03. The molecule has 2 atom stereocenters. The summed E-state index contributed by atoms with van der Waals surface area (Å²) in [5.74, 6) is 1.58. The summed E-state index contributed by atoms with van der Waals surface area (Å²) < 4.78 is 18.8. The molecule has 0 aliphatic carbocycles. The molecule has 0 unspecified atom stereocenters. The molecule has 1 aliphatic heterocycles. The van der Waals surface area contributed by atoms with Crippen LogP contribution in [0.4, 0.5) is 4.39 Å².